The summed E-state index contributed by atoms with van der Waals surface area (Å²) in [6.45, 7) is 8.91. The third-order valence-corrected chi connectivity index (χ3v) is 3.70. The average molecular weight is 437 g/mol. The molecule has 0 aliphatic rings. The third-order valence-electron chi connectivity index (χ3n) is 3.70. The maximum atomic E-state index is 10.2. The molecule has 0 bridgehead atoms. The van der Waals surface area contributed by atoms with E-state index in [9.17, 15) is 4.79 Å². The van der Waals surface area contributed by atoms with Gasteiger partial charge >= 0.3 is 5.97 Å². The standard InChI is InChI=1S/C7H6O3.2C6H15NO3/c8-6-3-1-5(2-4-6)7(9)10;2*1-4(8)7(5(2)9)6(3)10/h1-4,8H,(H,9,10);2*4-6,8-10H,1-3H3. The summed E-state index contributed by atoms with van der Waals surface area (Å²) in [6.07, 6.45) is -5.00. The van der Waals surface area contributed by atoms with Crippen molar-refractivity contribution in [1.29, 1.82) is 0 Å². The van der Waals surface area contributed by atoms with Crippen LogP contribution in [0.15, 0.2) is 24.3 Å². The average Bonchev–Trinajstić information content (AvgIpc) is 2.53. The number of aromatic carboxylic acids is 1. The molecule has 0 aliphatic heterocycles. The number of phenolic OH excluding ortho intramolecular Hbond substituents is 1. The number of benzene rings is 1. The number of hydrogen-bond donors (Lipinski definition) is 8. The van der Waals surface area contributed by atoms with Crippen molar-refractivity contribution in [2.45, 2.75) is 78.9 Å². The minimum absolute atomic E-state index is 0.0741. The Balaban J connectivity index is 0. The fourth-order valence-electron chi connectivity index (χ4n) is 2.48. The Kier molecular flexibility index (Phi) is 15.2. The first-order chi connectivity index (χ1) is 13.6. The van der Waals surface area contributed by atoms with Crippen LogP contribution in [0.3, 0.4) is 0 Å². The summed E-state index contributed by atoms with van der Waals surface area (Å²) in [6, 6.07) is 5.36. The monoisotopic (exact) mass is 436 g/mol. The first-order valence-electron chi connectivity index (χ1n) is 9.29. The van der Waals surface area contributed by atoms with Crippen LogP contribution in [0.1, 0.15) is 51.9 Å². The molecule has 11 heteroatoms. The topological polar surface area (TPSA) is 185 Å². The first-order valence-corrected chi connectivity index (χ1v) is 9.29. The Labute approximate surface area is 176 Å². The Morgan fingerprint density at radius 3 is 1.00 bits per heavy atom. The number of carboxylic acids is 1. The van der Waals surface area contributed by atoms with E-state index in [1.165, 1.54) is 75.6 Å². The number of carboxylic acid groups (broad SMARTS) is 1. The number of aliphatic hydroxyl groups excluding tert-OH is 6. The zero-order valence-corrected chi connectivity index (χ0v) is 18.2. The number of carbonyl (C=O) groups is 1. The van der Waals surface area contributed by atoms with Gasteiger partial charge in [-0.2, -0.15) is 0 Å². The van der Waals surface area contributed by atoms with Crippen LogP contribution >= 0.6 is 0 Å². The van der Waals surface area contributed by atoms with E-state index in [4.69, 9.17) is 40.9 Å². The van der Waals surface area contributed by atoms with Crippen molar-refractivity contribution in [2.75, 3.05) is 0 Å². The van der Waals surface area contributed by atoms with Crippen molar-refractivity contribution < 1.29 is 45.6 Å². The summed E-state index contributed by atoms with van der Waals surface area (Å²) < 4.78 is 0. The molecule has 0 heterocycles. The number of phenols is 1. The molecule has 6 atom stereocenters. The Bertz CT molecular complexity index is 514. The van der Waals surface area contributed by atoms with Gasteiger partial charge in [0.15, 0.2) is 0 Å². The molecule has 6 unspecified atom stereocenters. The molecule has 1 rings (SSSR count). The van der Waals surface area contributed by atoms with Gasteiger partial charge in [-0.1, -0.05) is 0 Å². The van der Waals surface area contributed by atoms with E-state index in [-0.39, 0.29) is 11.3 Å². The summed E-state index contributed by atoms with van der Waals surface area (Å²) in [7, 11) is 0. The van der Waals surface area contributed by atoms with Gasteiger partial charge in [-0.05, 0) is 65.8 Å². The molecule has 176 valence electrons. The molecular weight excluding hydrogens is 400 g/mol. The highest BCUT2D eigenvalue weighted by Gasteiger charge is 2.20. The first kappa shape index (κ1) is 30.4. The molecule has 0 aliphatic carbocycles. The number of rotatable bonds is 7. The normalized spacial score (nSPS) is 16.9. The molecule has 0 aromatic heterocycles. The second kappa shape index (κ2) is 15.0. The van der Waals surface area contributed by atoms with Crippen LogP contribution in [-0.4, -0.2) is 94.0 Å². The molecule has 0 amide bonds. The minimum atomic E-state index is -0.986. The summed E-state index contributed by atoms with van der Waals surface area (Å²) in [4.78, 5) is 12.6. The van der Waals surface area contributed by atoms with Crippen molar-refractivity contribution in [1.82, 2.24) is 9.80 Å². The fraction of sp³-hybridized carbons (Fsp3) is 0.632. The predicted octanol–water partition coefficient (Wildman–Crippen LogP) is -0.303. The summed E-state index contributed by atoms with van der Waals surface area (Å²) in [5, 5.41) is 70.9. The largest absolute Gasteiger partial charge is 0.508 e. The lowest BCUT2D eigenvalue weighted by molar-refractivity contribution is -0.160. The molecule has 0 spiro atoms. The van der Waals surface area contributed by atoms with E-state index in [0.717, 1.165) is 0 Å². The number of nitrogens with zero attached hydrogens (tertiary/aromatic N) is 2. The van der Waals surface area contributed by atoms with Crippen LogP contribution in [0.25, 0.3) is 0 Å². The molecule has 11 nitrogen and oxygen atoms in total. The van der Waals surface area contributed by atoms with E-state index in [2.05, 4.69) is 0 Å². The smallest absolute Gasteiger partial charge is 0.335 e. The predicted molar refractivity (Wildman–Crippen MR) is 109 cm³/mol. The third kappa shape index (κ3) is 12.7. The van der Waals surface area contributed by atoms with Gasteiger partial charge < -0.3 is 40.9 Å². The summed E-state index contributed by atoms with van der Waals surface area (Å²) in [5.41, 5.74) is 0.179. The van der Waals surface area contributed by atoms with Gasteiger partial charge in [0.1, 0.15) is 43.1 Å². The second-order valence-corrected chi connectivity index (χ2v) is 6.54. The minimum Gasteiger partial charge on any atom is -0.508 e. The lowest BCUT2D eigenvalue weighted by Crippen LogP contribution is -2.45. The van der Waals surface area contributed by atoms with Crippen LogP contribution in [0.4, 0.5) is 0 Å². The number of aliphatic hydroxyl groups is 6. The highest BCUT2D eigenvalue weighted by atomic mass is 16.4. The van der Waals surface area contributed by atoms with Crippen molar-refractivity contribution in [2.24, 2.45) is 0 Å². The summed E-state index contributed by atoms with van der Waals surface area (Å²) >= 11 is 0. The maximum absolute atomic E-state index is 10.2. The molecule has 0 saturated heterocycles. The van der Waals surface area contributed by atoms with Gasteiger partial charge in [0.25, 0.3) is 0 Å². The van der Waals surface area contributed by atoms with Gasteiger partial charge in [0.05, 0.1) is 5.56 Å². The van der Waals surface area contributed by atoms with Crippen LogP contribution in [-0.2, 0) is 0 Å². The van der Waals surface area contributed by atoms with E-state index >= 15 is 0 Å². The van der Waals surface area contributed by atoms with Crippen LogP contribution in [0.2, 0.25) is 0 Å². The van der Waals surface area contributed by atoms with Crippen molar-refractivity contribution in [3.05, 3.63) is 29.8 Å². The zero-order chi connectivity index (χ0) is 24.2. The van der Waals surface area contributed by atoms with Gasteiger partial charge in [-0.25, -0.2) is 14.6 Å². The van der Waals surface area contributed by atoms with Crippen LogP contribution in [0, 0.1) is 0 Å². The van der Waals surface area contributed by atoms with Crippen LogP contribution in [0.5, 0.6) is 5.75 Å². The highest BCUT2D eigenvalue weighted by molar-refractivity contribution is 5.87. The number of hydrogen-bond acceptors (Lipinski definition) is 10. The molecular formula is C19H36N2O9. The molecule has 0 saturated carbocycles. The molecule has 1 aromatic carbocycles. The van der Waals surface area contributed by atoms with E-state index < -0.39 is 43.3 Å². The highest BCUT2D eigenvalue weighted by Crippen LogP contribution is 2.09. The second-order valence-electron chi connectivity index (χ2n) is 6.54. The Hall–Kier alpha value is -1.83. The quantitative estimate of drug-likeness (QED) is 0.262. The lowest BCUT2D eigenvalue weighted by Gasteiger charge is -2.30. The molecule has 8 N–H and O–H groups in total. The zero-order valence-electron chi connectivity index (χ0n) is 18.2. The van der Waals surface area contributed by atoms with Gasteiger partial charge in [-0.15, -0.1) is 0 Å². The maximum Gasteiger partial charge on any atom is 0.335 e. The molecule has 1 aromatic rings. The number of aromatic hydroxyl groups is 1. The van der Waals surface area contributed by atoms with Gasteiger partial charge in [0, 0.05) is 0 Å². The molecule has 0 radical (unpaired) electrons. The fourth-order valence-corrected chi connectivity index (χ4v) is 2.48. The van der Waals surface area contributed by atoms with Crippen molar-refractivity contribution in [3.63, 3.8) is 0 Å². The van der Waals surface area contributed by atoms with Gasteiger partial charge in [0.2, 0.25) is 0 Å². The Morgan fingerprint density at radius 1 is 0.633 bits per heavy atom. The van der Waals surface area contributed by atoms with E-state index in [1.54, 1.807) is 0 Å². The summed E-state index contributed by atoms with van der Waals surface area (Å²) in [5.74, 6) is -0.912. The van der Waals surface area contributed by atoms with Crippen LogP contribution < -0.4 is 0 Å². The molecule has 0 fully saturated rings. The van der Waals surface area contributed by atoms with Crippen molar-refractivity contribution >= 4 is 5.97 Å². The Morgan fingerprint density at radius 2 is 0.867 bits per heavy atom. The lowest BCUT2D eigenvalue weighted by atomic mass is 10.2. The van der Waals surface area contributed by atoms with E-state index in [1.807, 2.05) is 0 Å². The van der Waals surface area contributed by atoms with Gasteiger partial charge in [-0.3, -0.25) is 0 Å². The van der Waals surface area contributed by atoms with E-state index in [0.29, 0.717) is 0 Å². The van der Waals surface area contributed by atoms with Crippen molar-refractivity contribution in [3.8, 4) is 5.75 Å². The SMILES string of the molecule is CC(O)N(C(C)O)C(C)O.CC(O)N(C(C)O)C(C)O.O=C(O)c1ccc(O)cc1. The molecule has 30 heavy (non-hydrogen) atoms.